The molecule has 0 bridgehead atoms. The van der Waals surface area contributed by atoms with Crippen LogP contribution in [0.25, 0.3) is 15.5 Å². The number of methoxy groups -OCH3 is 1. The van der Waals surface area contributed by atoms with Crippen molar-refractivity contribution in [3.8, 4) is 12.1 Å². The number of thiophene rings is 2. The Labute approximate surface area is 167 Å². The molecule has 0 N–H and O–H groups in total. The van der Waals surface area contributed by atoms with Gasteiger partial charge in [0.15, 0.2) is 0 Å². The second kappa shape index (κ2) is 8.54. The van der Waals surface area contributed by atoms with Gasteiger partial charge < -0.3 is 9.64 Å². The van der Waals surface area contributed by atoms with Gasteiger partial charge in [-0.25, -0.2) is 0 Å². The third kappa shape index (κ3) is 4.31. The molecule has 3 rings (SSSR count). The van der Waals surface area contributed by atoms with Crippen LogP contribution in [0.15, 0.2) is 41.0 Å². The number of anilines is 1. The van der Waals surface area contributed by atoms with Crippen molar-refractivity contribution >= 4 is 43.2 Å². The molecule has 2 aromatic rings. The fourth-order valence-corrected chi connectivity index (χ4v) is 5.39. The quantitative estimate of drug-likeness (QED) is 0.617. The molecule has 1 atom stereocenters. The summed E-state index contributed by atoms with van der Waals surface area (Å²) in [6.45, 7) is 3.63. The van der Waals surface area contributed by atoms with E-state index in [0.717, 1.165) is 22.6 Å². The van der Waals surface area contributed by atoms with Crippen molar-refractivity contribution in [2.75, 3.05) is 32.2 Å². The average Bonchev–Trinajstić information content (AvgIpc) is 3.23. The number of hydrogen-bond acceptors (Lipinski definition) is 6. The van der Waals surface area contributed by atoms with E-state index in [1.165, 1.54) is 14.4 Å². The molecule has 138 valence electrons. The monoisotopic (exact) mass is 395 g/mol. The summed E-state index contributed by atoms with van der Waals surface area (Å²) in [6.07, 6.45) is 6.41. The molecule has 0 saturated carbocycles. The van der Waals surface area contributed by atoms with E-state index in [2.05, 4.69) is 43.1 Å². The van der Waals surface area contributed by atoms with E-state index < -0.39 is 0 Å². The molecule has 0 amide bonds. The number of allylic oxidation sites excluding steroid dienone is 5. The molecular formula is C21H21N3OS2. The Hall–Kier alpha value is -2.38. The summed E-state index contributed by atoms with van der Waals surface area (Å²) >= 11 is 3.46. The van der Waals surface area contributed by atoms with Crippen LogP contribution < -0.4 is 4.90 Å². The predicted octanol–water partition coefficient (Wildman–Crippen LogP) is 5.37. The molecule has 0 fully saturated rings. The van der Waals surface area contributed by atoms with Crippen molar-refractivity contribution < 1.29 is 4.74 Å². The van der Waals surface area contributed by atoms with E-state index in [1.54, 1.807) is 29.8 Å². The Morgan fingerprint density at radius 3 is 2.70 bits per heavy atom. The SMILES string of the molecule is COCCN(C)c1cc2sc(/C=C(\C#N)C3=CC=C(C#N)CC3C)cc2s1. The molecule has 1 unspecified atom stereocenters. The van der Waals surface area contributed by atoms with Crippen LogP contribution in [0.1, 0.15) is 18.2 Å². The highest BCUT2D eigenvalue weighted by Crippen LogP contribution is 2.39. The Kier molecular flexibility index (Phi) is 6.13. The molecule has 0 aliphatic heterocycles. The highest BCUT2D eigenvalue weighted by molar-refractivity contribution is 7.30. The van der Waals surface area contributed by atoms with E-state index >= 15 is 0 Å². The van der Waals surface area contributed by atoms with Crippen LogP contribution in [-0.2, 0) is 4.74 Å². The second-order valence-corrected chi connectivity index (χ2v) is 8.75. The topological polar surface area (TPSA) is 60.0 Å². The normalized spacial score (nSPS) is 17.2. The van der Waals surface area contributed by atoms with Crippen molar-refractivity contribution in [2.24, 2.45) is 5.92 Å². The van der Waals surface area contributed by atoms with Gasteiger partial charge in [-0.05, 0) is 42.2 Å². The molecule has 1 aliphatic carbocycles. The van der Waals surface area contributed by atoms with Crippen molar-refractivity contribution in [2.45, 2.75) is 13.3 Å². The lowest BCUT2D eigenvalue weighted by atomic mass is 9.85. The van der Waals surface area contributed by atoms with E-state index in [1.807, 2.05) is 18.2 Å². The van der Waals surface area contributed by atoms with Gasteiger partial charge in [-0.1, -0.05) is 13.0 Å². The molecule has 0 radical (unpaired) electrons. The van der Waals surface area contributed by atoms with Crippen LogP contribution in [-0.4, -0.2) is 27.3 Å². The van der Waals surface area contributed by atoms with Gasteiger partial charge in [-0.15, -0.1) is 22.7 Å². The van der Waals surface area contributed by atoms with Crippen molar-refractivity contribution in [1.29, 1.82) is 10.5 Å². The minimum absolute atomic E-state index is 0.178. The van der Waals surface area contributed by atoms with Crippen LogP contribution in [0.3, 0.4) is 0 Å². The standard InChI is InChI=1S/C21H21N3OS2/c1-14-8-15(12-22)4-5-18(14)16(13-23)9-17-10-19-20(26-17)11-21(27-19)24(2)6-7-25-3/h4-5,9-11,14H,6-8H2,1-3H3/b16-9+. The lowest BCUT2D eigenvalue weighted by molar-refractivity contribution is 0.206. The minimum Gasteiger partial charge on any atom is -0.383 e. The van der Waals surface area contributed by atoms with Crippen molar-refractivity contribution in [3.05, 3.63) is 45.9 Å². The predicted molar refractivity (Wildman–Crippen MR) is 114 cm³/mol. The number of fused-ring (bicyclic) bond motifs is 1. The molecule has 6 heteroatoms. The fraction of sp³-hybridized carbons (Fsp3) is 0.333. The summed E-state index contributed by atoms with van der Waals surface area (Å²) in [5.41, 5.74) is 2.46. The fourth-order valence-electron chi connectivity index (χ4n) is 3.06. The highest BCUT2D eigenvalue weighted by atomic mass is 32.1. The Balaban J connectivity index is 1.85. The number of hydrogen-bond donors (Lipinski definition) is 0. The van der Waals surface area contributed by atoms with E-state index in [0.29, 0.717) is 18.6 Å². The maximum absolute atomic E-state index is 9.65. The maximum Gasteiger partial charge on any atom is 0.0995 e. The van der Waals surface area contributed by atoms with Crippen molar-refractivity contribution in [3.63, 3.8) is 0 Å². The average molecular weight is 396 g/mol. The van der Waals surface area contributed by atoms with Crippen LogP contribution in [0.2, 0.25) is 0 Å². The van der Waals surface area contributed by atoms with Gasteiger partial charge in [-0.3, -0.25) is 0 Å². The zero-order chi connectivity index (χ0) is 19.4. The number of nitrogens with zero attached hydrogens (tertiary/aromatic N) is 3. The molecule has 4 nitrogen and oxygen atoms in total. The smallest absolute Gasteiger partial charge is 0.0995 e. The number of rotatable bonds is 6. The van der Waals surface area contributed by atoms with Crippen LogP contribution in [0, 0.1) is 28.6 Å². The Morgan fingerprint density at radius 2 is 2.07 bits per heavy atom. The van der Waals surface area contributed by atoms with Crippen molar-refractivity contribution in [1.82, 2.24) is 0 Å². The minimum atomic E-state index is 0.178. The summed E-state index contributed by atoms with van der Waals surface area (Å²) in [6, 6.07) is 8.91. The number of nitriles is 2. The van der Waals surface area contributed by atoms with E-state index in [9.17, 15) is 5.26 Å². The van der Waals surface area contributed by atoms with Gasteiger partial charge in [0, 0.05) is 40.6 Å². The Morgan fingerprint density at radius 1 is 1.30 bits per heavy atom. The summed E-state index contributed by atoms with van der Waals surface area (Å²) in [5.74, 6) is 0.178. The zero-order valence-electron chi connectivity index (χ0n) is 15.7. The molecule has 2 aromatic heterocycles. The molecule has 0 saturated heterocycles. The second-order valence-electron chi connectivity index (χ2n) is 6.58. The van der Waals surface area contributed by atoms with Gasteiger partial charge in [0.05, 0.1) is 29.3 Å². The Bertz CT molecular complexity index is 979. The lowest BCUT2D eigenvalue weighted by Gasteiger charge is -2.18. The van der Waals surface area contributed by atoms with E-state index in [-0.39, 0.29) is 5.92 Å². The first-order valence-corrected chi connectivity index (χ1v) is 10.4. The maximum atomic E-state index is 9.65. The number of likely N-dealkylation sites (N-methyl/N-ethyl adjacent to an activating group) is 1. The third-order valence-electron chi connectivity index (χ3n) is 4.60. The molecule has 0 spiro atoms. The molecule has 2 heterocycles. The summed E-state index contributed by atoms with van der Waals surface area (Å²) in [4.78, 5) is 3.28. The van der Waals surface area contributed by atoms with E-state index in [4.69, 9.17) is 10.00 Å². The van der Waals surface area contributed by atoms with Gasteiger partial charge in [0.25, 0.3) is 0 Å². The zero-order valence-corrected chi connectivity index (χ0v) is 17.3. The molecule has 1 aliphatic rings. The lowest BCUT2D eigenvalue weighted by Crippen LogP contribution is -2.20. The summed E-state index contributed by atoms with van der Waals surface area (Å²) in [7, 11) is 3.79. The van der Waals surface area contributed by atoms with Crippen LogP contribution in [0.4, 0.5) is 5.00 Å². The third-order valence-corrected chi connectivity index (χ3v) is 6.96. The largest absolute Gasteiger partial charge is 0.383 e. The van der Waals surface area contributed by atoms with Gasteiger partial charge in [0.2, 0.25) is 0 Å². The first-order valence-electron chi connectivity index (χ1n) is 8.72. The van der Waals surface area contributed by atoms with Gasteiger partial charge in [0.1, 0.15) is 0 Å². The van der Waals surface area contributed by atoms with Crippen LogP contribution >= 0.6 is 22.7 Å². The molecular weight excluding hydrogens is 374 g/mol. The van der Waals surface area contributed by atoms with Gasteiger partial charge in [-0.2, -0.15) is 10.5 Å². The summed E-state index contributed by atoms with van der Waals surface area (Å²) in [5, 5.41) is 19.9. The number of ether oxygens (including phenoxy) is 1. The first kappa shape index (κ1) is 19.4. The first-order chi connectivity index (χ1) is 13.0. The molecule has 27 heavy (non-hydrogen) atoms. The van der Waals surface area contributed by atoms with Gasteiger partial charge >= 0.3 is 0 Å². The van der Waals surface area contributed by atoms with Crippen LogP contribution in [0.5, 0.6) is 0 Å². The summed E-state index contributed by atoms with van der Waals surface area (Å²) < 4.78 is 7.62. The molecule has 0 aromatic carbocycles. The highest BCUT2D eigenvalue weighted by Gasteiger charge is 2.19.